The van der Waals surface area contributed by atoms with Crippen LogP contribution in [0.2, 0.25) is 10.0 Å². The molecule has 0 aliphatic heterocycles. The van der Waals surface area contributed by atoms with E-state index in [1.807, 2.05) is 0 Å². The predicted octanol–water partition coefficient (Wildman–Crippen LogP) is 5.46. The number of amides is 1. The van der Waals surface area contributed by atoms with Crippen molar-refractivity contribution >= 4 is 34.8 Å². The highest BCUT2D eigenvalue weighted by atomic mass is 35.5. The maximum absolute atomic E-state index is 12.9. The van der Waals surface area contributed by atoms with Gasteiger partial charge in [0.1, 0.15) is 26.1 Å². The first-order valence-corrected chi connectivity index (χ1v) is 9.93. The number of carbonyl (C=O) groups excluding carboxylic acids is 1. The van der Waals surface area contributed by atoms with Gasteiger partial charge in [0.2, 0.25) is 5.83 Å². The fourth-order valence-electron chi connectivity index (χ4n) is 2.53. The average Bonchev–Trinajstić information content (AvgIpc) is 2.76. The van der Waals surface area contributed by atoms with E-state index < -0.39 is 24.5 Å². The molecule has 0 spiro atoms. The first-order valence-electron chi connectivity index (χ1n) is 9.17. The summed E-state index contributed by atoms with van der Waals surface area (Å²) in [4.78, 5) is 16.9. The van der Waals surface area contributed by atoms with Crippen LogP contribution in [-0.4, -0.2) is 38.6 Å². The second-order valence-corrected chi connectivity index (χ2v) is 7.04. The topological polar surface area (TPSA) is 69.2 Å². The average molecular weight is 509 g/mol. The van der Waals surface area contributed by atoms with E-state index in [1.165, 1.54) is 26.3 Å². The fourth-order valence-corrected chi connectivity index (χ4v) is 3.11. The Bertz CT molecular complexity index is 1040. The largest absolute Gasteiger partial charge is 0.489 e. The van der Waals surface area contributed by atoms with E-state index in [9.17, 15) is 22.4 Å². The molecule has 2 rings (SSSR count). The summed E-state index contributed by atoms with van der Waals surface area (Å²) >= 11 is 12.2. The number of halogens is 6. The number of nitrogens with zero attached hydrogens (tertiary/aromatic N) is 1. The van der Waals surface area contributed by atoms with Gasteiger partial charge in [-0.15, -0.1) is 0 Å². The monoisotopic (exact) mass is 508 g/mol. The molecular weight excluding hydrogens is 491 g/mol. The van der Waals surface area contributed by atoms with Crippen LogP contribution in [0.1, 0.15) is 11.1 Å². The van der Waals surface area contributed by atoms with Gasteiger partial charge >= 0.3 is 6.18 Å². The summed E-state index contributed by atoms with van der Waals surface area (Å²) < 4.78 is 60.2. The SMILES string of the molecule is CNC(=O)/C(=N/OC)c1ccccc1COc1cc(Cl)c(OC/C=C(\F)C(F)(F)F)c(Cl)c1. The van der Waals surface area contributed by atoms with Crippen molar-refractivity contribution in [3.05, 3.63) is 69.5 Å². The Balaban J connectivity index is 2.18. The minimum Gasteiger partial charge on any atom is -0.489 e. The number of oxime groups is 1. The van der Waals surface area contributed by atoms with Gasteiger partial charge in [0.15, 0.2) is 11.5 Å². The number of carbonyl (C=O) groups is 1. The summed E-state index contributed by atoms with van der Waals surface area (Å²) in [5, 5.41) is 6.12. The molecule has 0 aromatic heterocycles. The number of ether oxygens (including phenoxy) is 2. The van der Waals surface area contributed by atoms with E-state index in [-0.39, 0.29) is 39.9 Å². The van der Waals surface area contributed by atoms with Gasteiger partial charge in [-0.05, 0) is 11.6 Å². The molecule has 0 radical (unpaired) electrons. The van der Waals surface area contributed by atoms with Crippen LogP contribution in [0.25, 0.3) is 0 Å². The zero-order chi connectivity index (χ0) is 24.6. The molecule has 0 aliphatic carbocycles. The van der Waals surface area contributed by atoms with E-state index in [1.54, 1.807) is 24.3 Å². The maximum Gasteiger partial charge on any atom is 0.442 e. The lowest BCUT2D eigenvalue weighted by Gasteiger charge is -2.14. The summed E-state index contributed by atoms with van der Waals surface area (Å²) in [6.45, 7) is -0.748. The van der Waals surface area contributed by atoms with Crippen LogP contribution in [0.5, 0.6) is 11.5 Å². The third-order valence-corrected chi connectivity index (χ3v) is 4.59. The van der Waals surface area contributed by atoms with E-state index in [0.29, 0.717) is 11.1 Å². The van der Waals surface area contributed by atoms with Crippen LogP contribution in [-0.2, 0) is 16.2 Å². The second kappa shape index (κ2) is 11.8. The smallest absolute Gasteiger partial charge is 0.442 e. The predicted molar refractivity (Wildman–Crippen MR) is 116 cm³/mol. The van der Waals surface area contributed by atoms with Crippen molar-refractivity contribution in [2.75, 3.05) is 20.8 Å². The third-order valence-electron chi connectivity index (χ3n) is 4.02. The van der Waals surface area contributed by atoms with Crippen molar-refractivity contribution in [3.63, 3.8) is 0 Å². The molecule has 0 fully saturated rings. The van der Waals surface area contributed by atoms with Crippen molar-refractivity contribution in [3.8, 4) is 11.5 Å². The lowest BCUT2D eigenvalue weighted by molar-refractivity contribution is -0.114. The van der Waals surface area contributed by atoms with E-state index in [4.69, 9.17) is 37.5 Å². The number of alkyl halides is 3. The van der Waals surface area contributed by atoms with Crippen molar-refractivity contribution in [1.29, 1.82) is 0 Å². The Morgan fingerprint density at radius 3 is 2.36 bits per heavy atom. The van der Waals surface area contributed by atoms with E-state index in [2.05, 4.69) is 10.5 Å². The van der Waals surface area contributed by atoms with Crippen molar-refractivity contribution in [2.45, 2.75) is 12.8 Å². The second-order valence-electron chi connectivity index (χ2n) is 6.22. The molecule has 1 N–H and O–H groups in total. The zero-order valence-electron chi connectivity index (χ0n) is 17.3. The van der Waals surface area contributed by atoms with E-state index in [0.717, 1.165) is 0 Å². The number of hydrogen-bond acceptors (Lipinski definition) is 5. The van der Waals surface area contributed by atoms with Crippen LogP contribution in [0.4, 0.5) is 17.6 Å². The molecule has 33 heavy (non-hydrogen) atoms. The molecule has 12 heteroatoms. The Labute approximate surface area is 196 Å². The number of hydrogen-bond donors (Lipinski definition) is 1. The Hall–Kier alpha value is -2.98. The Morgan fingerprint density at radius 2 is 1.79 bits per heavy atom. The van der Waals surface area contributed by atoms with Crippen molar-refractivity contribution in [1.82, 2.24) is 5.32 Å². The number of rotatable bonds is 9. The quantitative estimate of drug-likeness (QED) is 0.277. The molecule has 178 valence electrons. The maximum atomic E-state index is 12.9. The molecule has 0 aliphatic rings. The molecule has 0 atom stereocenters. The van der Waals surface area contributed by atoms with E-state index >= 15 is 0 Å². The summed E-state index contributed by atoms with van der Waals surface area (Å²) in [6.07, 6.45) is -4.88. The first kappa shape index (κ1) is 26.3. The third kappa shape index (κ3) is 7.26. The Morgan fingerprint density at radius 1 is 1.15 bits per heavy atom. The lowest BCUT2D eigenvalue weighted by Crippen LogP contribution is -2.29. The fraction of sp³-hybridized carbons (Fsp3) is 0.238. The molecule has 0 saturated carbocycles. The van der Waals surface area contributed by atoms with Crippen LogP contribution in [0, 0.1) is 0 Å². The van der Waals surface area contributed by atoms with Crippen LogP contribution in [0.15, 0.2) is 53.5 Å². The van der Waals surface area contributed by atoms with Crippen LogP contribution >= 0.6 is 23.2 Å². The van der Waals surface area contributed by atoms with Gasteiger partial charge in [-0.25, -0.2) is 4.39 Å². The van der Waals surface area contributed by atoms with Crippen molar-refractivity contribution in [2.24, 2.45) is 5.16 Å². The minimum atomic E-state index is -5.10. The highest BCUT2D eigenvalue weighted by Gasteiger charge is 2.34. The highest BCUT2D eigenvalue weighted by Crippen LogP contribution is 2.37. The standard InChI is InChI=1S/C21H18Cl2F4N2O4/c1-28-20(30)18(29-31-2)14-6-4-3-5-12(14)11-33-13-9-15(22)19(16(23)10-13)32-8-7-17(24)21(25,26)27/h3-7,9-10H,8,11H2,1-2H3,(H,28,30)/b17-7-,29-18+. The molecule has 0 saturated heterocycles. The molecular formula is C21H18Cl2F4N2O4. The summed E-state index contributed by atoms with van der Waals surface area (Å²) in [5.41, 5.74) is 1.10. The normalized spacial score (nSPS) is 12.4. The van der Waals surface area contributed by atoms with Gasteiger partial charge in [-0.1, -0.05) is 52.6 Å². The highest BCUT2D eigenvalue weighted by molar-refractivity contribution is 6.45. The molecule has 6 nitrogen and oxygen atoms in total. The minimum absolute atomic E-state index is 0.0116. The Kier molecular flexibility index (Phi) is 9.36. The molecule has 1 amide bonds. The van der Waals surface area contributed by atoms with Crippen molar-refractivity contribution < 1.29 is 36.7 Å². The van der Waals surface area contributed by atoms with Gasteiger partial charge in [-0.2, -0.15) is 13.2 Å². The molecule has 0 heterocycles. The summed E-state index contributed by atoms with van der Waals surface area (Å²) in [7, 11) is 2.76. The van der Waals surface area contributed by atoms with Gasteiger partial charge in [0, 0.05) is 24.7 Å². The van der Waals surface area contributed by atoms with Gasteiger partial charge < -0.3 is 19.6 Å². The van der Waals surface area contributed by atoms with Gasteiger partial charge in [-0.3, -0.25) is 4.79 Å². The molecule has 0 bridgehead atoms. The first-order chi connectivity index (χ1) is 15.6. The molecule has 0 unspecified atom stereocenters. The molecule has 2 aromatic carbocycles. The summed E-state index contributed by atoms with van der Waals surface area (Å²) in [5.74, 6) is -2.67. The number of benzene rings is 2. The van der Waals surface area contributed by atoms with Crippen LogP contribution < -0.4 is 14.8 Å². The zero-order valence-corrected chi connectivity index (χ0v) is 18.8. The summed E-state index contributed by atoms with van der Waals surface area (Å²) in [6, 6.07) is 9.49. The molecule has 2 aromatic rings. The number of nitrogens with one attached hydrogen (secondary N) is 1. The lowest BCUT2D eigenvalue weighted by atomic mass is 10.0. The van der Waals surface area contributed by atoms with Crippen LogP contribution in [0.3, 0.4) is 0 Å². The number of allylic oxidation sites excluding steroid dienone is 1. The number of likely N-dealkylation sites (N-methyl/N-ethyl adjacent to an activating group) is 1. The van der Waals surface area contributed by atoms with Gasteiger partial charge in [0.05, 0.1) is 10.0 Å². The van der Waals surface area contributed by atoms with Gasteiger partial charge in [0.25, 0.3) is 5.91 Å².